The van der Waals surface area contributed by atoms with Crippen LogP contribution in [0.15, 0.2) is 72.3 Å². The second-order valence-corrected chi connectivity index (χ2v) is 9.90. The van der Waals surface area contributed by atoms with Crippen LogP contribution in [0.1, 0.15) is 31.4 Å². The van der Waals surface area contributed by atoms with Crippen molar-refractivity contribution in [3.8, 4) is 0 Å². The van der Waals surface area contributed by atoms with Crippen LogP contribution in [-0.2, 0) is 11.3 Å². The first-order valence-electron chi connectivity index (χ1n) is 11.7. The molecule has 0 saturated carbocycles. The van der Waals surface area contributed by atoms with Gasteiger partial charge in [0, 0.05) is 24.9 Å². The van der Waals surface area contributed by atoms with Gasteiger partial charge in [-0.2, -0.15) is 5.10 Å². The van der Waals surface area contributed by atoms with Gasteiger partial charge >= 0.3 is 0 Å². The monoisotopic (exact) mass is 506 g/mol. The summed E-state index contributed by atoms with van der Waals surface area (Å²) in [6, 6.07) is 15.2. The van der Waals surface area contributed by atoms with Crippen LogP contribution < -0.4 is 5.32 Å². The minimum absolute atomic E-state index is 0.0131. The molecule has 2 unspecified atom stereocenters. The number of amides is 1. The first-order chi connectivity index (χ1) is 17.0. The van der Waals surface area contributed by atoms with Crippen LogP contribution >= 0.6 is 23.2 Å². The van der Waals surface area contributed by atoms with Crippen molar-refractivity contribution in [2.24, 2.45) is 0 Å². The van der Waals surface area contributed by atoms with Gasteiger partial charge in [-0.1, -0.05) is 41.4 Å². The molecule has 178 valence electrons. The maximum atomic E-state index is 14.2. The van der Waals surface area contributed by atoms with Gasteiger partial charge in [0.15, 0.2) is 0 Å². The second kappa shape index (κ2) is 8.73. The smallest absolute Gasteiger partial charge is 0.254 e. The predicted octanol–water partition coefficient (Wildman–Crippen LogP) is 5.52. The van der Waals surface area contributed by atoms with E-state index in [4.69, 9.17) is 23.2 Å². The van der Waals surface area contributed by atoms with Crippen molar-refractivity contribution < 1.29 is 4.79 Å². The molecule has 2 atom stereocenters. The summed E-state index contributed by atoms with van der Waals surface area (Å²) in [7, 11) is 0. The zero-order valence-corrected chi connectivity index (χ0v) is 20.7. The lowest BCUT2D eigenvalue weighted by molar-refractivity contribution is -0.128. The number of aromatic nitrogens is 4. The summed E-state index contributed by atoms with van der Waals surface area (Å²) in [4.78, 5) is 20.7. The molecule has 2 aromatic heterocycles. The molecule has 2 aromatic carbocycles. The van der Waals surface area contributed by atoms with Crippen LogP contribution in [0.2, 0.25) is 10.0 Å². The third-order valence-corrected chi connectivity index (χ3v) is 7.71. The largest absolute Gasteiger partial charge is 0.344 e. The quantitative estimate of drug-likeness (QED) is 0.395. The van der Waals surface area contributed by atoms with Gasteiger partial charge in [0.1, 0.15) is 11.9 Å². The van der Waals surface area contributed by atoms with E-state index in [-0.39, 0.29) is 11.9 Å². The Balaban J connectivity index is 1.36. The SMILES string of the molecule is CC1=C(C(=O)N2CCCC2Cn2cnc3ccccc32)C(c2ccc(Cl)c(Cl)c2)n2nccc2N1. The highest BCUT2D eigenvalue weighted by Crippen LogP contribution is 2.39. The summed E-state index contributed by atoms with van der Waals surface area (Å²) in [5, 5.41) is 8.83. The number of hydrogen-bond donors (Lipinski definition) is 1. The average molecular weight is 507 g/mol. The van der Waals surface area contributed by atoms with Crippen molar-refractivity contribution in [1.29, 1.82) is 0 Å². The molecule has 6 rings (SSSR count). The molecular weight excluding hydrogens is 483 g/mol. The highest BCUT2D eigenvalue weighted by atomic mass is 35.5. The molecule has 4 heterocycles. The fourth-order valence-corrected chi connectivity index (χ4v) is 5.61. The predicted molar refractivity (Wildman–Crippen MR) is 138 cm³/mol. The van der Waals surface area contributed by atoms with E-state index in [1.165, 1.54) is 0 Å². The fraction of sp³-hybridized carbons (Fsp3) is 0.269. The maximum absolute atomic E-state index is 14.2. The Hall–Kier alpha value is -3.29. The lowest BCUT2D eigenvalue weighted by Crippen LogP contribution is -2.42. The first-order valence-corrected chi connectivity index (χ1v) is 12.4. The molecule has 9 heteroatoms. The number of halogens is 2. The van der Waals surface area contributed by atoms with E-state index in [0.717, 1.165) is 41.0 Å². The summed E-state index contributed by atoms with van der Waals surface area (Å²) >= 11 is 12.6. The molecule has 2 aliphatic heterocycles. The number of hydrogen-bond acceptors (Lipinski definition) is 4. The summed E-state index contributed by atoms with van der Waals surface area (Å²) in [6.45, 7) is 3.37. The molecule has 0 aliphatic carbocycles. The van der Waals surface area contributed by atoms with Gasteiger partial charge in [-0.05, 0) is 49.6 Å². The zero-order chi connectivity index (χ0) is 24.1. The van der Waals surface area contributed by atoms with E-state index in [1.54, 1.807) is 12.3 Å². The van der Waals surface area contributed by atoms with Crippen molar-refractivity contribution >= 4 is 46.0 Å². The number of nitrogens with zero attached hydrogens (tertiary/aromatic N) is 5. The Bertz CT molecular complexity index is 1470. The van der Waals surface area contributed by atoms with Crippen molar-refractivity contribution in [2.45, 2.75) is 38.4 Å². The van der Waals surface area contributed by atoms with E-state index < -0.39 is 6.04 Å². The Kier molecular flexibility index (Phi) is 5.54. The number of rotatable bonds is 4. The molecule has 35 heavy (non-hydrogen) atoms. The van der Waals surface area contributed by atoms with Gasteiger partial charge in [-0.15, -0.1) is 0 Å². The third kappa shape index (κ3) is 3.79. The van der Waals surface area contributed by atoms with E-state index in [1.807, 2.05) is 59.2 Å². The average Bonchev–Trinajstić information content (AvgIpc) is 3.60. The van der Waals surface area contributed by atoms with Crippen molar-refractivity contribution in [3.63, 3.8) is 0 Å². The molecular formula is C26H24Cl2N6O. The summed E-state index contributed by atoms with van der Waals surface area (Å²) < 4.78 is 3.99. The Morgan fingerprint density at radius 3 is 2.86 bits per heavy atom. The van der Waals surface area contributed by atoms with Crippen LogP contribution in [-0.4, -0.2) is 42.7 Å². The number of likely N-dealkylation sites (tertiary alicyclic amines) is 1. The van der Waals surface area contributed by atoms with Gasteiger partial charge in [-0.25, -0.2) is 9.67 Å². The second-order valence-electron chi connectivity index (χ2n) is 9.08. The Labute approximate surface area is 212 Å². The van der Waals surface area contributed by atoms with Crippen molar-refractivity contribution in [3.05, 3.63) is 87.9 Å². The van der Waals surface area contributed by atoms with Gasteiger partial charge in [0.25, 0.3) is 5.91 Å². The number of anilines is 1. The molecule has 1 saturated heterocycles. The number of nitrogens with one attached hydrogen (secondary N) is 1. The lowest BCUT2D eigenvalue weighted by Gasteiger charge is -2.34. The molecule has 1 N–H and O–H groups in total. The number of fused-ring (bicyclic) bond motifs is 2. The summed E-state index contributed by atoms with van der Waals surface area (Å²) in [5.41, 5.74) is 4.39. The summed E-state index contributed by atoms with van der Waals surface area (Å²) in [5.74, 6) is 0.845. The van der Waals surface area contributed by atoms with Crippen LogP contribution in [0.4, 0.5) is 5.82 Å². The van der Waals surface area contributed by atoms with Gasteiger partial charge in [-0.3, -0.25) is 4.79 Å². The normalized spacial score (nSPS) is 19.8. The van der Waals surface area contributed by atoms with E-state index in [0.29, 0.717) is 28.7 Å². The zero-order valence-electron chi connectivity index (χ0n) is 19.2. The van der Waals surface area contributed by atoms with E-state index >= 15 is 0 Å². The number of imidazole rings is 1. The molecule has 0 bridgehead atoms. The number of allylic oxidation sites excluding steroid dienone is 1. The third-order valence-electron chi connectivity index (χ3n) is 6.97. The number of carbonyl (C=O) groups excluding carboxylic acids is 1. The van der Waals surface area contributed by atoms with E-state index in [2.05, 4.69) is 26.0 Å². The highest BCUT2D eigenvalue weighted by molar-refractivity contribution is 6.42. The highest BCUT2D eigenvalue weighted by Gasteiger charge is 2.38. The standard InChI is InChI=1S/C26H24Cl2N6O/c1-16-24(25(34-23(31-16)10-11-30-34)17-8-9-19(27)20(28)13-17)26(35)33-12-4-5-18(33)14-32-15-29-21-6-2-3-7-22(21)32/h2-3,6-11,13,15,18,25,31H,4-5,12,14H2,1H3. The number of para-hydroxylation sites is 2. The van der Waals surface area contributed by atoms with Crippen LogP contribution in [0, 0.1) is 0 Å². The minimum atomic E-state index is -0.404. The van der Waals surface area contributed by atoms with Crippen LogP contribution in [0.25, 0.3) is 11.0 Å². The molecule has 0 spiro atoms. The fourth-order valence-electron chi connectivity index (χ4n) is 5.30. The Morgan fingerprint density at radius 1 is 1.14 bits per heavy atom. The molecule has 7 nitrogen and oxygen atoms in total. The molecule has 4 aromatic rings. The molecule has 1 amide bonds. The van der Waals surface area contributed by atoms with Gasteiger partial charge in [0.05, 0.1) is 45.2 Å². The summed E-state index contributed by atoms with van der Waals surface area (Å²) in [6.07, 6.45) is 5.51. The topological polar surface area (TPSA) is 68.0 Å². The minimum Gasteiger partial charge on any atom is -0.344 e. The van der Waals surface area contributed by atoms with Crippen molar-refractivity contribution in [1.82, 2.24) is 24.2 Å². The van der Waals surface area contributed by atoms with Crippen LogP contribution in [0.3, 0.4) is 0 Å². The first kappa shape index (κ1) is 22.2. The maximum Gasteiger partial charge on any atom is 0.254 e. The lowest BCUT2D eigenvalue weighted by atomic mass is 9.94. The molecule has 0 radical (unpaired) electrons. The molecule has 1 fully saturated rings. The molecule has 2 aliphatic rings. The van der Waals surface area contributed by atoms with Crippen molar-refractivity contribution in [2.75, 3.05) is 11.9 Å². The van der Waals surface area contributed by atoms with Gasteiger partial charge < -0.3 is 14.8 Å². The Morgan fingerprint density at radius 2 is 2.00 bits per heavy atom. The number of benzene rings is 2. The van der Waals surface area contributed by atoms with Crippen LogP contribution in [0.5, 0.6) is 0 Å². The number of carbonyl (C=O) groups is 1. The van der Waals surface area contributed by atoms with Gasteiger partial charge in [0.2, 0.25) is 0 Å². The van der Waals surface area contributed by atoms with E-state index in [9.17, 15) is 4.79 Å².